The molecule has 11 heteroatoms. The van der Waals surface area contributed by atoms with Gasteiger partial charge in [0.05, 0.1) is 0 Å². The Hall–Kier alpha value is -3.86. The van der Waals surface area contributed by atoms with Crippen molar-refractivity contribution in [2.75, 3.05) is 55.4 Å². The first-order valence-electron chi connectivity index (χ1n) is 11.8. The summed E-state index contributed by atoms with van der Waals surface area (Å²) in [6.45, 7) is 4.07. The number of likely N-dealkylation sites (N-methyl/N-ethyl adjacent to an activating group) is 1. The van der Waals surface area contributed by atoms with Gasteiger partial charge in [0.25, 0.3) is 5.91 Å². The summed E-state index contributed by atoms with van der Waals surface area (Å²) in [5, 5.41) is 14.3. The summed E-state index contributed by atoms with van der Waals surface area (Å²) in [7, 11) is 3.46. The fourth-order valence-corrected chi connectivity index (χ4v) is 4.73. The Balaban J connectivity index is 1.57. The number of ether oxygens (including phenoxy) is 1. The Morgan fingerprint density at radius 2 is 2.14 bits per heavy atom. The van der Waals surface area contributed by atoms with E-state index >= 15 is 0 Å². The summed E-state index contributed by atoms with van der Waals surface area (Å²) in [4.78, 5) is 39.5. The Bertz CT molecular complexity index is 1210. The third-order valence-corrected chi connectivity index (χ3v) is 6.89. The van der Waals surface area contributed by atoms with E-state index in [1.54, 1.807) is 29.5 Å². The molecule has 3 heterocycles. The summed E-state index contributed by atoms with van der Waals surface area (Å²) in [6.07, 6.45) is 0.781. The second-order valence-corrected chi connectivity index (χ2v) is 9.43. The van der Waals surface area contributed by atoms with E-state index in [2.05, 4.69) is 15.3 Å². The molecule has 1 aliphatic rings. The molecule has 3 aromatic rings. The second-order valence-electron chi connectivity index (χ2n) is 8.45. The Kier molecular flexibility index (Phi) is 7.89. The number of carboxylic acid groups (broad SMARTS) is 1. The Morgan fingerprint density at radius 1 is 1.31 bits per heavy atom. The fourth-order valence-electron chi connectivity index (χ4n) is 3.94. The molecule has 4 rings (SSSR count). The van der Waals surface area contributed by atoms with Crippen molar-refractivity contribution >= 4 is 40.8 Å². The monoisotopic (exact) mass is 510 g/mol. The fraction of sp³-hybridized carbons (Fsp3) is 0.360. The van der Waals surface area contributed by atoms with Gasteiger partial charge in [-0.25, -0.2) is 9.78 Å². The maximum atomic E-state index is 13.5. The van der Waals surface area contributed by atoms with Crippen molar-refractivity contribution in [3.8, 4) is 5.75 Å². The molecule has 190 valence electrons. The van der Waals surface area contributed by atoms with Crippen molar-refractivity contribution in [1.82, 2.24) is 14.9 Å². The van der Waals surface area contributed by atoms with Crippen LogP contribution in [0.25, 0.3) is 0 Å². The van der Waals surface area contributed by atoms with Crippen LogP contribution in [0.5, 0.6) is 5.75 Å². The summed E-state index contributed by atoms with van der Waals surface area (Å²) in [6, 6.07) is 11.3. The number of aromatic nitrogens is 2. The lowest BCUT2D eigenvalue weighted by molar-refractivity contribution is 0.0989. The first-order valence-corrected chi connectivity index (χ1v) is 12.6. The number of thiophene rings is 1. The van der Waals surface area contributed by atoms with Crippen LogP contribution in [0.2, 0.25) is 0 Å². The quantitative estimate of drug-likeness (QED) is 0.441. The lowest BCUT2D eigenvalue weighted by Gasteiger charge is -2.24. The first-order chi connectivity index (χ1) is 17.4. The second kappa shape index (κ2) is 11.3. The lowest BCUT2D eigenvalue weighted by atomic mass is 10.2. The molecule has 0 saturated heterocycles. The molecule has 2 amide bonds. The topological polar surface area (TPSA) is 111 Å². The van der Waals surface area contributed by atoms with Gasteiger partial charge in [0.15, 0.2) is 0 Å². The van der Waals surface area contributed by atoms with Crippen LogP contribution in [0, 0.1) is 0 Å². The zero-order valence-electron chi connectivity index (χ0n) is 20.5. The molecule has 2 aromatic heterocycles. The van der Waals surface area contributed by atoms with Crippen molar-refractivity contribution in [1.29, 1.82) is 0 Å². The molecule has 2 N–H and O–H groups in total. The predicted octanol–water partition coefficient (Wildman–Crippen LogP) is 4.19. The summed E-state index contributed by atoms with van der Waals surface area (Å²) in [5.74, 6) is 1.52. The van der Waals surface area contributed by atoms with Crippen LogP contribution in [0.15, 0.2) is 48.0 Å². The van der Waals surface area contributed by atoms with Crippen LogP contribution >= 0.6 is 11.3 Å². The Labute approximate surface area is 214 Å². The first kappa shape index (κ1) is 25.2. The smallest absolute Gasteiger partial charge is 0.407 e. The van der Waals surface area contributed by atoms with Crippen molar-refractivity contribution in [3.63, 3.8) is 0 Å². The molecule has 0 aliphatic carbocycles. The van der Waals surface area contributed by atoms with Crippen molar-refractivity contribution in [2.24, 2.45) is 0 Å². The molecular weight excluding hydrogens is 480 g/mol. The van der Waals surface area contributed by atoms with Gasteiger partial charge in [0.2, 0.25) is 5.95 Å². The molecule has 0 radical (unpaired) electrons. The molecule has 36 heavy (non-hydrogen) atoms. The third kappa shape index (κ3) is 5.68. The van der Waals surface area contributed by atoms with E-state index in [1.165, 1.54) is 4.90 Å². The predicted molar refractivity (Wildman–Crippen MR) is 141 cm³/mol. The maximum Gasteiger partial charge on any atom is 0.407 e. The molecule has 0 saturated carbocycles. The van der Waals surface area contributed by atoms with Gasteiger partial charge in [-0.15, -0.1) is 11.3 Å². The van der Waals surface area contributed by atoms with Gasteiger partial charge < -0.3 is 29.9 Å². The number of hydrogen-bond donors (Lipinski definition) is 2. The highest BCUT2D eigenvalue weighted by Crippen LogP contribution is 2.32. The van der Waals surface area contributed by atoms with Gasteiger partial charge in [-0.05, 0) is 30.5 Å². The molecule has 0 spiro atoms. The zero-order chi connectivity index (χ0) is 25.7. The van der Waals surface area contributed by atoms with E-state index in [4.69, 9.17) is 4.74 Å². The van der Waals surface area contributed by atoms with Crippen LogP contribution in [-0.2, 0) is 0 Å². The minimum Gasteiger partial charge on any atom is -0.485 e. The van der Waals surface area contributed by atoms with E-state index in [9.17, 15) is 14.7 Å². The van der Waals surface area contributed by atoms with E-state index in [-0.39, 0.29) is 12.0 Å². The van der Waals surface area contributed by atoms with Gasteiger partial charge >= 0.3 is 6.09 Å². The minimum atomic E-state index is -0.978. The normalized spacial score (nSPS) is 14.1. The molecular formula is C25H30N6O4S. The number of nitrogens with one attached hydrogen (secondary N) is 1. The van der Waals surface area contributed by atoms with Crippen molar-refractivity contribution in [3.05, 3.63) is 58.4 Å². The number of nitrogens with zero attached hydrogens (tertiary/aromatic N) is 5. The molecule has 0 unspecified atom stereocenters. The number of carbonyl (C=O) groups excluding carboxylic acids is 1. The van der Waals surface area contributed by atoms with E-state index in [0.717, 1.165) is 4.88 Å². The molecule has 10 nitrogen and oxygen atoms in total. The van der Waals surface area contributed by atoms with Crippen LogP contribution in [0.3, 0.4) is 0 Å². The summed E-state index contributed by atoms with van der Waals surface area (Å²) >= 11 is 1.56. The number of hydrogen-bond acceptors (Lipinski definition) is 8. The maximum absolute atomic E-state index is 13.5. The summed E-state index contributed by atoms with van der Waals surface area (Å²) < 4.78 is 6.33. The zero-order valence-corrected chi connectivity index (χ0v) is 21.4. The average Bonchev–Trinajstić information content (AvgIpc) is 3.37. The third-order valence-electron chi connectivity index (χ3n) is 5.92. The lowest BCUT2D eigenvalue weighted by Crippen LogP contribution is -2.33. The summed E-state index contributed by atoms with van der Waals surface area (Å²) in [5.41, 5.74) is 1.15. The molecule has 1 atom stereocenters. The van der Waals surface area contributed by atoms with Crippen molar-refractivity contribution in [2.45, 2.75) is 19.4 Å². The number of anilines is 3. The molecule has 1 aliphatic heterocycles. The van der Waals surface area contributed by atoms with Gasteiger partial charge in [-0.3, -0.25) is 4.79 Å². The number of amides is 2. The number of carbonyl (C=O) groups is 2. The SMILES string of the molecule is CCNc1ncc2c(n1)N(C)CCN(c1cccc(O[C@@H](CCN(C)C(=O)O)c3cccs3)c1)C2=O. The van der Waals surface area contributed by atoms with E-state index in [1.807, 2.05) is 60.6 Å². The van der Waals surface area contributed by atoms with E-state index in [0.29, 0.717) is 61.4 Å². The highest BCUT2D eigenvalue weighted by molar-refractivity contribution is 7.10. The van der Waals surface area contributed by atoms with Gasteiger partial charge in [-0.2, -0.15) is 4.98 Å². The average molecular weight is 511 g/mol. The number of fused-ring (bicyclic) bond motifs is 1. The molecule has 0 fully saturated rings. The Morgan fingerprint density at radius 3 is 2.86 bits per heavy atom. The van der Waals surface area contributed by atoms with Crippen molar-refractivity contribution < 1.29 is 19.4 Å². The molecule has 1 aromatic carbocycles. The van der Waals surface area contributed by atoms with E-state index < -0.39 is 6.09 Å². The van der Waals surface area contributed by atoms with Crippen LogP contribution in [0.1, 0.15) is 34.7 Å². The van der Waals surface area contributed by atoms with Crippen LogP contribution in [0.4, 0.5) is 22.2 Å². The van der Waals surface area contributed by atoms with Crippen LogP contribution < -0.4 is 19.9 Å². The molecule has 0 bridgehead atoms. The highest BCUT2D eigenvalue weighted by Gasteiger charge is 2.28. The highest BCUT2D eigenvalue weighted by atomic mass is 32.1. The standard InChI is InChI=1S/C25H30N6O4S/c1-4-26-24-27-16-19-22(28-24)29(2)12-13-31(23(19)32)17-7-5-8-18(15-17)35-20(21-9-6-14-36-21)10-11-30(3)25(33)34/h5-9,14-16,20H,4,10-13H2,1-3H3,(H,33,34)(H,26,27,28)/t20-/m0/s1. The van der Waals surface area contributed by atoms with Gasteiger partial charge in [-0.1, -0.05) is 12.1 Å². The van der Waals surface area contributed by atoms with Gasteiger partial charge in [0.1, 0.15) is 23.2 Å². The number of rotatable bonds is 9. The largest absolute Gasteiger partial charge is 0.485 e. The number of benzene rings is 1. The van der Waals surface area contributed by atoms with Crippen LogP contribution in [-0.4, -0.2) is 72.2 Å². The minimum absolute atomic E-state index is 0.174. The van der Waals surface area contributed by atoms with Gasteiger partial charge in [0, 0.05) is 69.5 Å².